The van der Waals surface area contributed by atoms with Crippen LogP contribution >= 0.6 is 11.3 Å². The lowest BCUT2D eigenvalue weighted by molar-refractivity contribution is -0.136. The molecule has 1 amide bonds. The molecular formula is C26H26N4O4S. The molecule has 2 aliphatic heterocycles. The first-order valence-corrected chi connectivity index (χ1v) is 12.6. The lowest BCUT2D eigenvalue weighted by Crippen LogP contribution is -2.50. The molecule has 1 fully saturated rings. The van der Waals surface area contributed by atoms with Crippen molar-refractivity contribution >= 4 is 37.4 Å². The van der Waals surface area contributed by atoms with Gasteiger partial charge in [0.05, 0.1) is 15.8 Å². The van der Waals surface area contributed by atoms with Crippen LogP contribution in [0.3, 0.4) is 0 Å². The molecule has 1 atom stereocenters. The molecule has 0 bridgehead atoms. The highest BCUT2D eigenvalue weighted by Gasteiger charge is 2.28. The zero-order chi connectivity index (χ0) is 24.1. The van der Waals surface area contributed by atoms with E-state index in [1.165, 1.54) is 4.68 Å². The number of benzene rings is 2. The van der Waals surface area contributed by atoms with E-state index < -0.39 is 6.04 Å². The Balaban J connectivity index is 1.17. The summed E-state index contributed by atoms with van der Waals surface area (Å²) in [7, 11) is 0. The van der Waals surface area contributed by atoms with Gasteiger partial charge in [0.2, 0.25) is 12.7 Å². The number of aromatic nitrogens is 2. The van der Waals surface area contributed by atoms with E-state index in [0.29, 0.717) is 18.5 Å². The maximum Gasteiger partial charge on any atom is 0.276 e. The predicted octanol–water partition coefficient (Wildman–Crippen LogP) is 3.55. The van der Waals surface area contributed by atoms with Gasteiger partial charge < -0.3 is 14.4 Å². The van der Waals surface area contributed by atoms with E-state index in [2.05, 4.69) is 16.1 Å². The number of carbonyl (C=O) groups is 1. The average Bonchev–Trinajstić information content (AvgIpc) is 3.50. The average molecular weight is 491 g/mol. The number of fused-ring (bicyclic) bond motifs is 4. The van der Waals surface area contributed by atoms with Gasteiger partial charge in [-0.1, -0.05) is 24.3 Å². The van der Waals surface area contributed by atoms with Crippen LogP contribution in [0.15, 0.2) is 47.3 Å². The topological polar surface area (TPSA) is 76.9 Å². The van der Waals surface area contributed by atoms with Crippen LogP contribution in [0.4, 0.5) is 0 Å². The summed E-state index contributed by atoms with van der Waals surface area (Å²) in [6, 6.07) is 13.2. The standard InChI is InChI=1S/C26H26N4O4S/c1-16-24-23(19-5-3-4-6-22(19)35-24)26(32)30(27-16)17(2)25(31)29-11-9-28(10-12-29)14-18-7-8-20-21(13-18)34-15-33-20/h3-8,13,17H,9-12,14-15H2,1-2H3/t17-/m1/s1. The Kier molecular flexibility index (Phi) is 5.46. The summed E-state index contributed by atoms with van der Waals surface area (Å²) in [5.74, 6) is 1.50. The smallest absolute Gasteiger partial charge is 0.276 e. The van der Waals surface area contributed by atoms with Gasteiger partial charge in [-0.05, 0) is 37.6 Å². The Bertz CT molecular complexity index is 1500. The van der Waals surface area contributed by atoms with Gasteiger partial charge in [-0.2, -0.15) is 5.10 Å². The maximum atomic E-state index is 13.4. The van der Waals surface area contributed by atoms with Gasteiger partial charge in [0.15, 0.2) is 11.5 Å². The molecule has 2 aliphatic rings. The second kappa shape index (κ2) is 8.66. The van der Waals surface area contributed by atoms with Crippen LogP contribution in [-0.4, -0.2) is 58.5 Å². The van der Waals surface area contributed by atoms with E-state index in [-0.39, 0.29) is 18.3 Å². The first-order chi connectivity index (χ1) is 17.0. The summed E-state index contributed by atoms with van der Waals surface area (Å²) in [4.78, 5) is 31.0. The number of amides is 1. The summed E-state index contributed by atoms with van der Waals surface area (Å²) in [5.41, 5.74) is 1.73. The number of thiophene rings is 1. The molecule has 0 unspecified atom stereocenters. The van der Waals surface area contributed by atoms with E-state index in [1.54, 1.807) is 18.3 Å². The number of nitrogens with zero attached hydrogens (tertiary/aromatic N) is 4. The van der Waals surface area contributed by atoms with E-state index in [4.69, 9.17) is 9.47 Å². The molecule has 6 rings (SSSR count). The summed E-state index contributed by atoms with van der Waals surface area (Å²) in [6.07, 6.45) is 0. The SMILES string of the molecule is Cc1nn([C@H](C)C(=O)N2CCN(Cc3ccc4c(c3)OCO4)CC2)c(=O)c2c1sc1ccccc12. The quantitative estimate of drug-likeness (QED) is 0.436. The Labute approximate surface area is 206 Å². The zero-order valence-corrected chi connectivity index (χ0v) is 20.5. The number of piperazine rings is 1. The second-order valence-electron chi connectivity index (χ2n) is 9.10. The lowest BCUT2D eigenvalue weighted by atomic mass is 10.1. The molecule has 8 nitrogen and oxygen atoms in total. The van der Waals surface area contributed by atoms with Crippen molar-refractivity contribution in [3.8, 4) is 11.5 Å². The number of hydrogen-bond acceptors (Lipinski definition) is 7. The fraction of sp³-hybridized carbons (Fsp3) is 0.346. The van der Waals surface area contributed by atoms with Gasteiger partial charge in [-0.15, -0.1) is 11.3 Å². The third-order valence-electron chi connectivity index (χ3n) is 6.86. The number of hydrogen-bond donors (Lipinski definition) is 0. The second-order valence-corrected chi connectivity index (χ2v) is 10.2. The normalized spacial score (nSPS) is 16.8. The Morgan fingerprint density at radius 3 is 2.69 bits per heavy atom. The third-order valence-corrected chi connectivity index (χ3v) is 8.13. The van der Waals surface area contributed by atoms with E-state index >= 15 is 0 Å². The van der Waals surface area contributed by atoms with E-state index in [9.17, 15) is 9.59 Å². The molecule has 0 N–H and O–H groups in total. The van der Waals surface area contributed by atoms with Crippen LogP contribution in [0.25, 0.3) is 20.2 Å². The Hall–Kier alpha value is -3.43. The Morgan fingerprint density at radius 1 is 1.09 bits per heavy atom. The highest BCUT2D eigenvalue weighted by atomic mass is 32.1. The van der Waals surface area contributed by atoms with Gasteiger partial charge in [-0.25, -0.2) is 4.68 Å². The fourth-order valence-corrected chi connectivity index (χ4v) is 6.07. The van der Waals surface area contributed by atoms with Gasteiger partial charge in [-0.3, -0.25) is 14.5 Å². The van der Waals surface area contributed by atoms with Crippen LogP contribution in [-0.2, 0) is 11.3 Å². The van der Waals surface area contributed by atoms with Crippen LogP contribution < -0.4 is 15.0 Å². The predicted molar refractivity (Wildman–Crippen MR) is 135 cm³/mol. The molecule has 180 valence electrons. The summed E-state index contributed by atoms with van der Waals surface area (Å²) in [5, 5.41) is 6.13. The van der Waals surface area contributed by atoms with E-state index in [1.807, 2.05) is 48.2 Å². The van der Waals surface area contributed by atoms with Crippen molar-refractivity contribution in [1.82, 2.24) is 19.6 Å². The number of carbonyl (C=O) groups excluding carboxylic acids is 1. The summed E-state index contributed by atoms with van der Waals surface area (Å²) in [6.45, 7) is 7.50. The molecule has 9 heteroatoms. The molecule has 0 saturated carbocycles. The summed E-state index contributed by atoms with van der Waals surface area (Å²) < 4.78 is 14.2. The zero-order valence-electron chi connectivity index (χ0n) is 19.7. The fourth-order valence-electron chi connectivity index (χ4n) is 4.93. The van der Waals surface area contributed by atoms with Crippen molar-refractivity contribution in [1.29, 1.82) is 0 Å². The first-order valence-electron chi connectivity index (χ1n) is 11.8. The molecule has 1 saturated heterocycles. The summed E-state index contributed by atoms with van der Waals surface area (Å²) >= 11 is 1.58. The van der Waals surface area contributed by atoms with Gasteiger partial charge >= 0.3 is 0 Å². The highest BCUT2D eigenvalue weighted by molar-refractivity contribution is 7.26. The molecule has 2 aromatic carbocycles. The van der Waals surface area contributed by atoms with Crippen LogP contribution in [0.2, 0.25) is 0 Å². The monoisotopic (exact) mass is 490 g/mol. The van der Waals surface area contributed by atoms with Gasteiger partial charge in [0.1, 0.15) is 6.04 Å². The molecule has 4 heterocycles. The van der Waals surface area contributed by atoms with Crippen molar-refractivity contribution in [3.63, 3.8) is 0 Å². The minimum Gasteiger partial charge on any atom is -0.454 e. The minimum atomic E-state index is -0.662. The van der Waals surface area contributed by atoms with Crippen LogP contribution in [0, 0.1) is 6.92 Å². The van der Waals surface area contributed by atoms with Crippen molar-refractivity contribution in [3.05, 3.63) is 64.1 Å². The van der Waals surface area contributed by atoms with E-state index in [0.717, 1.165) is 57.2 Å². The molecular weight excluding hydrogens is 464 g/mol. The van der Waals surface area contributed by atoms with Crippen molar-refractivity contribution in [2.75, 3.05) is 33.0 Å². The minimum absolute atomic E-state index is 0.0689. The van der Waals surface area contributed by atoms with Crippen LogP contribution in [0.1, 0.15) is 24.2 Å². The first kappa shape index (κ1) is 22.1. The molecule has 0 spiro atoms. The lowest BCUT2D eigenvalue weighted by Gasteiger charge is -2.36. The number of rotatable bonds is 4. The van der Waals surface area contributed by atoms with Gasteiger partial charge in [0.25, 0.3) is 5.56 Å². The molecule has 0 radical (unpaired) electrons. The molecule has 4 aromatic rings. The van der Waals surface area contributed by atoms with Crippen molar-refractivity contribution in [2.24, 2.45) is 0 Å². The van der Waals surface area contributed by atoms with Crippen molar-refractivity contribution < 1.29 is 14.3 Å². The molecule has 35 heavy (non-hydrogen) atoms. The molecule has 0 aliphatic carbocycles. The largest absolute Gasteiger partial charge is 0.454 e. The van der Waals surface area contributed by atoms with Gasteiger partial charge in [0, 0.05) is 42.8 Å². The van der Waals surface area contributed by atoms with Crippen molar-refractivity contribution in [2.45, 2.75) is 26.4 Å². The molecule has 2 aromatic heterocycles. The third kappa shape index (κ3) is 3.84. The highest BCUT2D eigenvalue weighted by Crippen LogP contribution is 2.34. The number of ether oxygens (including phenoxy) is 2. The maximum absolute atomic E-state index is 13.4. The Morgan fingerprint density at radius 2 is 1.86 bits per heavy atom. The number of aryl methyl sites for hydroxylation is 1. The van der Waals surface area contributed by atoms with Crippen LogP contribution in [0.5, 0.6) is 11.5 Å².